The summed E-state index contributed by atoms with van der Waals surface area (Å²) in [7, 11) is 9.05. The van der Waals surface area contributed by atoms with Gasteiger partial charge in [-0.3, -0.25) is 19.3 Å². The highest BCUT2D eigenvalue weighted by molar-refractivity contribution is 5.84. The molecule has 0 fully saturated rings. The molecule has 7 rings (SSSR count). The van der Waals surface area contributed by atoms with E-state index < -0.39 is 29.1 Å². The predicted octanol–water partition coefficient (Wildman–Crippen LogP) is 5.49. The van der Waals surface area contributed by atoms with Crippen LogP contribution in [-0.2, 0) is 35.5 Å². The molecule has 13 heteroatoms. The summed E-state index contributed by atoms with van der Waals surface area (Å²) in [6, 6.07) is 16.0. The van der Waals surface area contributed by atoms with Crippen molar-refractivity contribution < 1.29 is 42.7 Å². The van der Waals surface area contributed by atoms with E-state index in [0.29, 0.717) is 48.3 Å². The van der Waals surface area contributed by atoms with Crippen molar-refractivity contribution >= 4 is 16.9 Å². The summed E-state index contributed by atoms with van der Waals surface area (Å²) in [5.74, 6) is 0.103. The second kappa shape index (κ2) is 15.4. The van der Waals surface area contributed by atoms with E-state index in [9.17, 15) is 19.5 Å². The number of aromatic nitrogens is 1. The lowest BCUT2D eigenvalue weighted by Gasteiger charge is -2.38. The van der Waals surface area contributed by atoms with E-state index in [1.165, 1.54) is 20.3 Å². The van der Waals surface area contributed by atoms with Crippen molar-refractivity contribution in [3.05, 3.63) is 115 Å². The molecule has 5 aromatic rings. The molecule has 0 unspecified atom stereocenters. The fraction of sp³-hybridized carbons (Fsp3) is 0.357. The normalized spacial score (nSPS) is 15.6. The van der Waals surface area contributed by atoms with Gasteiger partial charge in [0.05, 0.1) is 73.1 Å². The Morgan fingerprint density at radius 2 is 1.55 bits per heavy atom. The third kappa shape index (κ3) is 6.73. The number of carbonyl (C=O) groups excluding carboxylic acids is 1. The third-order valence-corrected chi connectivity index (χ3v) is 10.7. The number of nitrogens with zero attached hydrogens (tertiary/aromatic N) is 2. The van der Waals surface area contributed by atoms with Crippen LogP contribution in [0.4, 0.5) is 0 Å². The molecule has 0 saturated heterocycles. The van der Waals surface area contributed by atoms with E-state index in [4.69, 9.17) is 32.8 Å². The minimum atomic E-state index is -1.11. The minimum absolute atomic E-state index is 0.105. The Balaban J connectivity index is 1.37. The van der Waals surface area contributed by atoms with Gasteiger partial charge in [-0.25, -0.2) is 0 Å². The molecule has 0 amide bonds. The second-order valence-electron chi connectivity index (χ2n) is 13.6. The number of hydrogen-bond acceptors (Lipinski definition) is 12. The van der Waals surface area contributed by atoms with Gasteiger partial charge in [0.1, 0.15) is 5.76 Å². The number of rotatable bonds is 12. The molecule has 55 heavy (non-hydrogen) atoms. The number of ether oxygens (including phenoxy) is 6. The van der Waals surface area contributed by atoms with Crippen LogP contribution in [0.3, 0.4) is 0 Å². The summed E-state index contributed by atoms with van der Waals surface area (Å²) in [4.78, 5) is 42.9. The molecule has 288 valence electrons. The van der Waals surface area contributed by atoms with Gasteiger partial charge in [-0.15, -0.1) is 0 Å². The first kappa shape index (κ1) is 37.4. The predicted molar refractivity (Wildman–Crippen MR) is 203 cm³/mol. The molecule has 2 aromatic heterocycles. The number of fused-ring (bicyclic) bond motifs is 1. The fourth-order valence-electron chi connectivity index (χ4n) is 8.12. The van der Waals surface area contributed by atoms with Crippen molar-refractivity contribution in [3.8, 4) is 34.5 Å². The average Bonchev–Trinajstić information content (AvgIpc) is 3.21. The average molecular weight is 753 g/mol. The van der Waals surface area contributed by atoms with Crippen LogP contribution >= 0.6 is 0 Å². The standard InChI is InChI=1S/C42H44N2O11/c1-49-32-16-24-12-14-43(38(28(24)20-33(32)50-2)26-17-34(51-3)41(54-6)35(18-26)52-4)22-27-19-31(45)39(47)40(55-27)29(21-36(46)53-5)30-15-25-10-7-9-23-11-8-13-44(37(23)25)42(30)48/h7,9-10,15-20,29,38,47H,8,11-14,21-22H2,1-6H3/t29-,38-/m1/s1. The Kier molecular flexibility index (Phi) is 10.5. The van der Waals surface area contributed by atoms with E-state index in [1.807, 2.05) is 42.5 Å². The Hall–Kier alpha value is -5.95. The zero-order chi connectivity index (χ0) is 39.0. The number of hydrogen-bond donors (Lipinski definition) is 1. The van der Waals surface area contributed by atoms with Gasteiger partial charge < -0.3 is 42.5 Å². The number of methoxy groups -OCH3 is 6. The number of para-hydroxylation sites is 1. The van der Waals surface area contributed by atoms with Gasteiger partial charge in [-0.05, 0) is 77.2 Å². The van der Waals surface area contributed by atoms with E-state index in [1.54, 1.807) is 39.1 Å². The van der Waals surface area contributed by atoms with E-state index in [0.717, 1.165) is 46.0 Å². The molecule has 0 aliphatic carbocycles. The SMILES string of the molecule is COC(=O)C[C@@H](c1oc(CN2CCc3cc(OC)c(OC)cc3[C@H]2c2cc(OC)c(OC)c(OC)c2)cc(=O)c1O)c1cc2cccc3c2n(c1=O)CCC3. The van der Waals surface area contributed by atoms with Gasteiger partial charge >= 0.3 is 5.97 Å². The van der Waals surface area contributed by atoms with Crippen molar-refractivity contribution in [2.24, 2.45) is 0 Å². The highest BCUT2D eigenvalue weighted by Crippen LogP contribution is 2.46. The first-order valence-electron chi connectivity index (χ1n) is 18.0. The zero-order valence-corrected chi connectivity index (χ0v) is 31.7. The molecule has 0 spiro atoms. The van der Waals surface area contributed by atoms with Crippen molar-refractivity contribution in [1.82, 2.24) is 9.47 Å². The number of benzene rings is 3. The molecule has 2 atom stereocenters. The van der Waals surface area contributed by atoms with Gasteiger partial charge in [0, 0.05) is 24.7 Å². The van der Waals surface area contributed by atoms with Crippen LogP contribution in [0.2, 0.25) is 0 Å². The van der Waals surface area contributed by atoms with Gasteiger partial charge in [0.25, 0.3) is 5.56 Å². The summed E-state index contributed by atoms with van der Waals surface area (Å²) >= 11 is 0. The lowest BCUT2D eigenvalue weighted by molar-refractivity contribution is -0.141. The Morgan fingerprint density at radius 3 is 2.22 bits per heavy atom. The molecular weight excluding hydrogens is 708 g/mol. The molecule has 0 bridgehead atoms. The topological polar surface area (TPSA) is 148 Å². The first-order chi connectivity index (χ1) is 26.6. The number of aryl methyl sites for hydroxylation is 2. The van der Waals surface area contributed by atoms with Crippen LogP contribution in [0.15, 0.2) is 68.6 Å². The monoisotopic (exact) mass is 752 g/mol. The van der Waals surface area contributed by atoms with E-state index in [2.05, 4.69) is 4.90 Å². The maximum absolute atomic E-state index is 14.2. The van der Waals surface area contributed by atoms with Gasteiger partial charge in [0.2, 0.25) is 16.9 Å². The van der Waals surface area contributed by atoms with Crippen LogP contribution in [0.25, 0.3) is 10.9 Å². The number of esters is 1. The highest BCUT2D eigenvalue weighted by Gasteiger charge is 2.35. The van der Waals surface area contributed by atoms with Crippen LogP contribution in [-0.4, -0.2) is 69.7 Å². The summed E-state index contributed by atoms with van der Waals surface area (Å²) in [6.45, 7) is 1.12. The smallest absolute Gasteiger partial charge is 0.306 e. The maximum atomic E-state index is 14.2. The van der Waals surface area contributed by atoms with Crippen molar-refractivity contribution in [2.75, 3.05) is 49.2 Å². The zero-order valence-electron chi connectivity index (χ0n) is 31.7. The third-order valence-electron chi connectivity index (χ3n) is 10.7. The van der Waals surface area contributed by atoms with Crippen LogP contribution < -0.4 is 34.7 Å². The quantitative estimate of drug-likeness (QED) is 0.161. The van der Waals surface area contributed by atoms with Crippen LogP contribution in [0.5, 0.6) is 34.5 Å². The van der Waals surface area contributed by atoms with Crippen molar-refractivity contribution in [2.45, 2.75) is 50.7 Å². The van der Waals surface area contributed by atoms with Gasteiger partial charge in [-0.2, -0.15) is 0 Å². The minimum Gasteiger partial charge on any atom is -0.502 e. The molecule has 4 heterocycles. The molecule has 2 aliphatic heterocycles. The Morgan fingerprint density at radius 1 is 0.836 bits per heavy atom. The molecule has 2 aliphatic rings. The largest absolute Gasteiger partial charge is 0.502 e. The molecule has 3 aromatic carbocycles. The van der Waals surface area contributed by atoms with E-state index >= 15 is 0 Å². The summed E-state index contributed by atoms with van der Waals surface area (Å²) < 4.78 is 41.6. The van der Waals surface area contributed by atoms with E-state index in [-0.39, 0.29) is 35.6 Å². The molecular formula is C42H44N2O11. The van der Waals surface area contributed by atoms with Crippen molar-refractivity contribution in [3.63, 3.8) is 0 Å². The number of aromatic hydroxyl groups is 1. The lowest BCUT2D eigenvalue weighted by Crippen LogP contribution is -2.36. The molecule has 1 N–H and O–H groups in total. The summed E-state index contributed by atoms with van der Waals surface area (Å²) in [5.41, 5.74) is 3.85. The summed E-state index contributed by atoms with van der Waals surface area (Å²) in [6.07, 6.45) is 1.90. The van der Waals surface area contributed by atoms with Gasteiger partial charge in [-0.1, -0.05) is 18.2 Å². The fourth-order valence-corrected chi connectivity index (χ4v) is 8.12. The highest BCUT2D eigenvalue weighted by atomic mass is 16.5. The first-order valence-corrected chi connectivity index (χ1v) is 18.0. The second-order valence-corrected chi connectivity index (χ2v) is 13.6. The molecule has 13 nitrogen and oxygen atoms in total. The Bertz CT molecular complexity index is 2370. The number of pyridine rings is 1. The Labute approximate surface area is 317 Å². The lowest BCUT2D eigenvalue weighted by atomic mass is 9.87. The summed E-state index contributed by atoms with van der Waals surface area (Å²) in [5, 5.41) is 12.1. The van der Waals surface area contributed by atoms with Crippen LogP contribution in [0, 0.1) is 0 Å². The van der Waals surface area contributed by atoms with Crippen molar-refractivity contribution in [1.29, 1.82) is 0 Å². The maximum Gasteiger partial charge on any atom is 0.306 e. The molecule has 0 saturated carbocycles. The molecule has 0 radical (unpaired) electrons. The van der Waals surface area contributed by atoms with Crippen LogP contribution in [0.1, 0.15) is 64.1 Å². The number of carbonyl (C=O) groups is 1. The van der Waals surface area contributed by atoms with Gasteiger partial charge in [0.15, 0.2) is 28.8 Å².